The van der Waals surface area contributed by atoms with Crippen LogP contribution in [0.15, 0.2) is 29.0 Å². The summed E-state index contributed by atoms with van der Waals surface area (Å²) < 4.78 is 5.36. The summed E-state index contributed by atoms with van der Waals surface area (Å²) in [4.78, 5) is 22.3. The van der Waals surface area contributed by atoms with Gasteiger partial charge in [-0.05, 0) is 12.1 Å². The van der Waals surface area contributed by atoms with Gasteiger partial charge in [0.2, 0.25) is 5.89 Å². The second-order valence-electron chi connectivity index (χ2n) is 4.41. The van der Waals surface area contributed by atoms with Crippen LogP contribution in [0.1, 0.15) is 10.5 Å². The van der Waals surface area contributed by atoms with E-state index in [4.69, 9.17) is 10.2 Å². The Morgan fingerprint density at radius 2 is 2.15 bits per heavy atom. The van der Waals surface area contributed by atoms with Gasteiger partial charge in [0, 0.05) is 30.8 Å². The summed E-state index contributed by atoms with van der Waals surface area (Å²) in [5.41, 5.74) is 6.57. The van der Waals surface area contributed by atoms with Crippen molar-refractivity contribution in [2.24, 2.45) is 0 Å². The first-order valence-electron chi connectivity index (χ1n) is 6.28. The fraction of sp³-hybridized carbons (Fsp3) is 0.308. The van der Waals surface area contributed by atoms with Crippen molar-refractivity contribution in [3.8, 4) is 11.5 Å². The van der Waals surface area contributed by atoms with Crippen molar-refractivity contribution >= 4 is 23.5 Å². The standard InChI is InChI=1S/C13H14N4O2S/c14-11-2-1-9(7-15-11)12-16-10(8-19-12)13(18)17-3-5-20-6-4-17/h1-2,7-8H,3-6H2,(H2,14,15). The third-order valence-corrected chi connectivity index (χ3v) is 4.00. The van der Waals surface area contributed by atoms with Gasteiger partial charge in [0.15, 0.2) is 5.69 Å². The second-order valence-corrected chi connectivity index (χ2v) is 5.64. The molecule has 20 heavy (non-hydrogen) atoms. The Morgan fingerprint density at radius 3 is 2.85 bits per heavy atom. The molecule has 7 heteroatoms. The Hall–Kier alpha value is -2.02. The zero-order valence-electron chi connectivity index (χ0n) is 10.8. The molecule has 1 aliphatic rings. The van der Waals surface area contributed by atoms with Crippen LogP contribution in [-0.2, 0) is 0 Å². The number of nitrogen functional groups attached to an aromatic ring is 1. The van der Waals surface area contributed by atoms with Crippen LogP contribution in [-0.4, -0.2) is 45.4 Å². The monoisotopic (exact) mass is 290 g/mol. The third kappa shape index (κ3) is 2.62. The number of carbonyl (C=O) groups excluding carboxylic acids is 1. The quantitative estimate of drug-likeness (QED) is 0.902. The average molecular weight is 290 g/mol. The van der Waals surface area contributed by atoms with E-state index in [0.29, 0.717) is 23.0 Å². The molecular formula is C13H14N4O2S. The van der Waals surface area contributed by atoms with Crippen LogP contribution in [0.25, 0.3) is 11.5 Å². The molecule has 1 fully saturated rings. The summed E-state index contributed by atoms with van der Waals surface area (Å²) in [6.45, 7) is 1.52. The van der Waals surface area contributed by atoms with Crippen molar-refractivity contribution in [1.82, 2.24) is 14.9 Å². The van der Waals surface area contributed by atoms with Gasteiger partial charge in [-0.3, -0.25) is 4.79 Å². The maximum absolute atomic E-state index is 12.3. The van der Waals surface area contributed by atoms with Crippen molar-refractivity contribution < 1.29 is 9.21 Å². The molecule has 0 spiro atoms. The highest BCUT2D eigenvalue weighted by Crippen LogP contribution is 2.20. The van der Waals surface area contributed by atoms with Crippen LogP contribution in [0.4, 0.5) is 5.82 Å². The molecular weight excluding hydrogens is 276 g/mol. The Balaban J connectivity index is 1.79. The minimum atomic E-state index is -0.0799. The second kappa shape index (κ2) is 5.54. The van der Waals surface area contributed by atoms with E-state index in [1.54, 1.807) is 23.2 Å². The smallest absolute Gasteiger partial charge is 0.275 e. The van der Waals surface area contributed by atoms with Crippen LogP contribution < -0.4 is 5.73 Å². The number of amides is 1. The van der Waals surface area contributed by atoms with E-state index in [9.17, 15) is 4.79 Å². The van der Waals surface area contributed by atoms with Crippen molar-refractivity contribution in [3.63, 3.8) is 0 Å². The highest BCUT2D eigenvalue weighted by Gasteiger charge is 2.21. The number of oxazole rings is 1. The van der Waals surface area contributed by atoms with Gasteiger partial charge in [-0.15, -0.1) is 0 Å². The van der Waals surface area contributed by atoms with Gasteiger partial charge in [0.05, 0.1) is 5.56 Å². The van der Waals surface area contributed by atoms with Crippen LogP contribution in [0.2, 0.25) is 0 Å². The van der Waals surface area contributed by atoms with Gasteiger partial charge in [-0.2, -0.15) is 11.8 Å². The molecule has 0 aliphatic carbocycles. The van der Waals surface area contributed by atoms with E-state index in [2.05, 4.69) is 9.97 Å². The lowest BCUT2D eigenvalue weighted by Gasteiger charge is -2.25. The van der Waals surface area contributed by atoms with Gasteiger partial charge in [0.1, 0.15) is 12.1 Å². The van der Waals surface area contributed by atoms with Crippen LogP contribution in [0, 0.1) is 0 Å². The van der Waals surface area contributed by atoms with E-state index in [-0.39, 0.29) is 5.91 Å². The summed E-state index contributed by atoms with van der Waals surface area (Å²) in [6.07, 6.45) is 2.97. The van der Waals surface area contributed by atoms with Crippen LogP contribution in [0.5, 0.6) is 0 Å². The van der Waals surface area contributed by atoms with Gasteiger partial charge in [-0.25, -0.2) is 9.97 Å². The number of nitrogens with zero attached hydrogens (tertiary/aromatic N) is 3. The molecule has 0 unspecified atom stereocenters. The molecule has 0 bridgehead atoms. The van der Waals surface area contributed by atoms with Crippen molar-refractivity contribution in [2.45, 2.75) is 0 Å². The first-order chi connectivity index (χ1) is 9.74. The fourth-order valence-corrected chi connectivity index (χ4v) is 2.87. The molecule has 3 heterocycles. The number of hydrogen-bond donors (Lipinski definition) is 1. The molecule has 1 saturated heterocycles. The highest BCUT2D eigenvalue weighted by atomic mass is 32.2. The van der Waals surface area contributed by atoms with E-state index in [1.807, 2.05) is 11.8 Å². The Labute approximate surface area is 120 Å². The summed E-state index contributed by atoms with van der Waals surface area (Å²) in [5, 5.41) is 0. The van der Waals surface area contributed by atoms with Crippen molar-refractivity contribution in [3.05, 3.63) is 30.3 Å². The largest absolute Gasteiger partial charge is 0.444 e. The number of rotatable bonds is 2. The topological polar surface area (TPSA) is 85.2 Å². The lowest BCUT2D eigenvalue weighted by molar-refractivity contribution is 0.0766. The zero-order chi connectivity index (χ0) is 13.9. The van der Waals surface area contributed by atoms with E-state index < -0.39 is 0 Å². The maximum Gasteiger partial charge on any atom is 0.275 e. The lowest BCUT2D eigenvalue weighted by atomic mass is 10.3. The van der Waals surface area contributed by atoms with Gasteiger partial charge in [-0.1, -0.05) is 0 Å². The summed E-state index contributed by atoms with van der Waals surface area (Å²) in [7, 11) is 0. The minimum Gasteiger partial charge on any atom is -0.444 e. The first-order valence-corrected chi connectivity index (χ1v) is 7.44. The molecule has 3 rings (SSSR count). The number of aromatic nitrogens is 2. The maximum atomic E-state index is 12.3. The average Bonchev–Trinajstić information content (AvgIpc) is 2.98. The van der Waals surface area contributed by atoms with E-state index >= 15 is 0 Å². The van der Waals surface area contributed by atoms with Gasteiger partial charge >= 0.3 is 0 Å². The van der Waals surface area contributed by atoms with E-state index in [1.165, 1.54) is 6.26 Å². The SMILES string of the molecule is Nc1ccc(-c2nc(C(=O)N3CCSCC3)co2)cn1. The zero-order valence-corrected chi connectivity index (χ0v) is 11.6. The highest BCUT2D eigenvalue weighted by molar-refractivity contribution is 7.99. The number of thioether (sulfide) groups is 1. The van der Waals surface area contributed by atoms with Gasteiger partial charge in [0.25, 0.3) is 5.91 Å². The van der Waals surface area contributed by atoms with Crippen LogP contribution >= 0.6 is 11.8 Å². The summed E-state index contributed by atoms with van der Waals surface area (Å²) >= 11 is 1.86. The molecule has 2 N–H and O–H groups in total. The molecule has 0 saturated carbocycles. The van der Waals surface area contributed by atoms with Crippen molar-refractivity contribution in [2.75, 3.05) is 30.3 Å². The Bertz CT molecular complexity index is 605. The number of hydrogen-bond acceptors (Lipinski definition) is 6. The molecule has 1 amide bonds. The molecule has 0 aromatic carbocycles. The third-order valence-electron chi connectivity index (χ3n) is 3.05. The normalized spacial score (nSPS) is 15.3. The molecule has 0 atom stereocenters. The predicted octanol–water partition coefficient (Wildman–Crippen LogP) is 1.51. The summed E-state index contributed by atoms with van der Waals surface area (Å²) in [5.74, 6) is 2.68. The lowest BCUT2D eigenvalue weighted by Crippen LogP contribution is -2.38. The summed E-state index contributed by atoms with van der Waals surface area (Å²) in [6, 6.07) is 3.43. The van der Waals surface area contributed by atoms with E-state index in [0.717, 1.165) is 24.6 Å². The minimum absolute atomic E-state index is 0.0799. The Morgan fingerprint density at radius 1 is 1.35 bits per heavy atom. The molecule has 2 aromatic heterocycles. The molecule has 2 aromatic rings. The number of anilines is 1. The van der Waals surface area contributed by atoms with Crippen LogP contribution in [0.3, 0.4) is 0 Å². The molecule has 104 valence electrons. The molecule has 0 radical (unpaired) electrons. The molecule has 6 nitrogen and oxygen atoms in total. The molecule has 1 aliphatic heterocycles. The first kappa shape index (κ1) is 13.0. The van der Waals surface area contributed by atoms with Crippen molar-refractivity contribution in [1.29, 1.82) is 0 Å². The number of pyridine rings is 1. The number of nitrogens with two attached hydrogens (primary N) is 1. The van der Waals surface area contributed by atoms with Gasteiger partial charge < -0.3 is 15.1 Å². The number of carbonyl (C=O) groups is 1. The Kier molecular flexibility index (Phi) is 3.60. The predicted molar refractivity (Wildman–Crippen MR) is 77.4 cm³/mol. The fourth-order valence-electron chi connectivity index (χ4n) is 1.96.